The number of piperidine rings is 2. The monoisotopic (exact) mass is 330 g/mol. The largest absolute Gasteiger partial charge is 0.507 e. The Hall–Kier alpha value is -2.04. The summed E-state index contributed by atoms with van der Waals surface area (Å²) >= 11 is 0. The van der Waals surface area contributed by atoms with E-state index in [0.29, 0.717) is 30.6 Å². The maximum atomic E-state index is 12.9. The number of aromatic hydroxyl groups is 1. The first-order valence-corrected chi connectivity index (χ1v) is 8.81. The highest BCUT2D eigenvalue weighted by Gasteiger charge is 2.42. The molecule has 2 aliphatic heterocycles. The molecule has 5 nitrogen and oxygen atoms in total. The molecule has 1 spiro atoms. The van der Waals surface area contributed by atoms with Crippen LogP contribution in [-0.2, 0) is 4.79 Å². The number of aryl methyl sites for hydroxylation is 1. The number of hydrogen-bond donors (Lipinski definition) is 1. The summed E-state index contributed by atoms with van der Waals surface area (Å²) in [6, 6.07) is 5.30. The highest BCUT2D eigenvalue weighted by Crippen LogP contribution is 2.39. The Morgan fingerprint density at radius 3 is 2.83 bits per heavy atom. The number of likely N-dealkylation sites (tertiary alicyclic amines) is 2. The highest BCUT2D eigenvalue weighted by atomic mass is 16.3. The van der Waals surface area contributed by atoms with Gasteiger partial charge >= 0.3 is 0 Å². The Labute approximate surface area is 143 Å². The first kappa shape index (κ1) is 16.8. The van der Waals surface area contributed by atoms with Crippen molar-refractivity contribution in [2.45, 2.75) is 39.5 Å². The molecule has 5 heteroatoms. The second-order valence-electron chi connectivity index (χ2n) is 7.21. The number of nitrogens with zero attached hydrogens (tertiary/aromatic N) is 2. The lowest BCUT2D eigenvalue weighted by Gasteiger charge is -2.48. The van der Waals surface area contributed by atoms with Gasteiger partial charge in [0.05, 0.1) is 5.56 Å². The Kier molecular flexibility index (Phi) is 4.52. The van der Waals surface area contributed by atoms with Crippen molar-refractivity contribution < 1.29 is 14.7 Å². The minimum absolute atomic E-state index is 0.0112. The second kappa shape index (κ2) is 6.46. The summed E-state index contributed by atoms with van der Waals surface area (Å²) in [6.07, 6.45) is 3.43. The Balaban J connectivity index is 1.79. The molecule has 1 aromatic carbocycles. The van der Waals surface area contributed by atoms with E-state index in [2.05, 4.69) is 0 Å². The maximum absolute atomic E-state index is 12.9. The van der Waals surface area contributed by atoms with E-state index in [4.69, 9.17) is 0 Å². The van der Waals surface area contributed by atoms with Crippen LogP contribution in [0.15, 0.2) is 18.2 Å². The van der Waals surface area contributed by atoms with E-state index in [1.807, 2.05) is 16.7 Å². The average Bonchev–Trinajstić information content (AvgIpc) is 2.59. The molecule has 1 aromatic rings. The molecule has 2 saturated heterocycles. The van der Waals surface area contributed by atoms with E-state index in [0.717, 1.165) is 32.4 Å². The Morgan fingerprint density at radius 2 is 2.08 bits per heavy atom. The van der Waals surface area contributed by atoms with Gasteiger partial charge in [-0.05, 0) is 44.7 Å². The van der Waals surface area contributed by atoms with Gasteiger partial charge in [-0.25, -0.2) is 0 Å². The third-order valence-electron chi connectivity index (χ3n) is 5.55. The predicted molar refractivity (Wildman–Crippen MR) is 91.9 cm³/mol. The SMILES string of the molecule is CCN1C[C@@]2(CCCN(C(=O)c3cccc(C)c3O)C2)CCC1=O. The van der Waals surface area contributed by atoms with E-state index in [9.17, 15) is 14.7 Å². The lowest BCUT2D eigenvalue weighted by molar-refractivity contribution is -0.138. The standard InChI is InChI=1S/C19H26N2O3/c1-3-20-12-19(10-8-16(20)22)9-5-11-21(13-19)18(24)15-7-4-6-14(2)17(15)23/h4,6-7,23H,3,5,8-13H2,1-2H3/t19-/m1/s1. The molecule has 1 atom stereocenters. The molecule has 2 aliphatic rings. The first-order chi connectivity index (χ1) is 11.5. The van der Waals surface area contributed by atoms with Crippen molar-refractivity contribution in [2.75, 3.05) is 26.2 Å². The number of phenolic OH excluding ortho intramolecular Hbond substituents is 1. The quantitative estimate of drug-likeness (QED) is 0.906. The van der Waals surface area contributed by atoms with Gasteiger partial charge in [0.1, 0.15) is 5.75 Å². The van der Waals surface area contributed by atoms with E-state index in [1.165, 1.54) is 0 Å². The van der Waals surface area contributed by atoms with Gasteiger partial charge in [-0.15, -0.1) is 0 Å². The number of hydrogen-bond acceptors (Lipinski definition) is 3. The van der Waals surface area contributed by atoms with Crippen LogP contribution in [0.3, 0.4) is 0 Å². The van der Waals surface area contributed by atoms with Gasteiger partial charge in [-0.2, -0.15) is 0 Å². The van der Waals surface area contributed by atoms with Crippen molar-refractivity contribution in [1.29, 1.82) is 0 Å². The second-order valence-corrected chi connectivity index (χ2v) is 7.21. The van der Waals surface area contributed by atoms with Crippen LogP contribution >= 0.6 is 0 Å². The molecular formula is C19H26N2O3. The zero-order chi connectivity index (χ0) is 17.3. The first-order valence-electron chi connectivity index (χ1n) is 8.81. The van der Waals surface area contributed by atoms with E-state index >= 15 is 0 Å². The van der Waals surface area contributed by atoms with Crippen LogP contribution in [0.5, 0.6) is 5.75 Å². The number of para-hydroxylation sites is 1. The minimum Gasteiger partial charge on any atom is -0.507 e. The smallest absolute Gasteiger partial charge is 0.257 e. The third-order valence-corrected chi connectivity index (χ3v) is 5.55. The van der Waals surface area contributed by atoms with Crippen molar-refractivity contribution in [2.24, 2.45) is 5.41 Å². The maximum Gasteiger partial charge on any atom is 0.257 e. The lowest BCUT2D eigenvalue weighted by atomic mass is 9.73. The van der Waals surface area contributed by atoms with E-state index in [-0.39, 0.29) is 23.0 Å². The van der Waals surface area contributed by atoms with Crippen molar-refractivity contribution in [3.8, 4) is 5.75 Å². The van der Waals surface area contributed by atoms with Crippen LogP contribution in [0.4, 0.5) is 0 Å². The molecule has 0 radical (unpaired) electrons. The highest BCUT2D eigenvalue weighted by molar-refractivity contribution is 5.97. The van der Waals surface area contributed by atoms with Crippen molar-refractivity contribution in [3.63, 3.8) is 0 Å². The summed E-state index contributed by atoms with van der Waals surface area (Å²) in [5.74, 6) is 0.203. The minimum atomic E-state index is -0.102. The van der Waals surface area contributed by atoms with Crippen LogP contribution in [0.1, 0.15) is 48.5 Å². The molecule has 0 saturated carbocycles. The number of benzene rings is 1. The van der Waals surface area contributed by atoms with Gasteiger partial charge in [0, 0.05) is 38.0 Å². The Bertz CT molecular complexity index is 658. The fraction of sp³-hybridized carbons (Fsp3) is 0.579. The van der Waals surface area contributed by atoms with Crippen LogP contribution in [0.2, 0.25) is 0 Å². The number of carbonyl (C=O) groups is 2. The fourth-order valence-electron chi connectivity index (χ4n) is 4.11. The summed E-state index contributed by atoms with van der Waals surface area (Å²) < 4.78 is 0. The number of phenols is 1. The van der Waals surface area contributed by atoms with Gasteiger partial charge in [0.2, 0.25) is 5.91 Å². The Morgan fingerprint density at radius 1 is 1.29 bits per heavy atom. The number of rotatable bonds is 2. The van der Waals surface area contributed by atoms with Gasteiger partial charge < -0.3 is 14.9 Å². The van der Waals surface area contributed by atoms with Crippen molar-refractivity contribution >= 4 is 11.8 Å². The summed E-state index contributed by atoms with van der Waals surface area (Å²) in [5, 5.41) is 10.2. The average molecular weight is 330 g/mol. The molecule has 130 valence electrons. The molecule has 2 fully saturated rings. The zero-order valence-electron chi connectivity index (χ0n) is 14.5. The molecule has 0 aromatic heterocycles. The molecule has 2 heterocycles. The van der Waals surface area contributed by atoms with Crippen LogP contribution in [-0.4, -0.2) is 52.9 Å². The zero-order valence-corrected chi connectivity index (χ0v) is 14.5. The van der Waals surface area contributed by atoms with Gasteiger partial charge in [-0.1, -0.05) is 12.1 Å². The molecular weight excluding hydrogens is 304 g/mol. The van der Waals surface area contributed by atoms with Crippen LogP contribution in [0, 0.1) is 12.3 Å². The number of carbonyl (C=O) groups excluding carboxylic acids is 2. The summed E-state index contributed by atoms with van der Waals surface area (Å²) in [7, 11) is 0. The topological polar surface area (TPSA) is 60.9 Å². The van der Waals surface area contributed by atoms with Gasteiger partial charge in [0.25, 0.3) is 5.91 Å². The van der Waals surface area contributed by atoms with Crippen LogP contribution in [0.25, 0.3) is 0 Å². The molecule has 2 amide bonds. The molecule has 0 bridgehead atoms. The van der Waals surface area contributed by atoms with Crippen molar-refractivity contribution in [3.05, 3.63) is 29.3 Å². The predicted octanol–water partition coefficient (Wildman–Crippen LogP) is 2.57. The van der Waals surface area contributed by atoms with Gasteiger partial charge in [-0.3, -0.25) is 9.59 Å². The van der Waals surface area contributed by atoms with E-state index in [1.54, 1.807) is 25.1 Å². The molecule has 0 unspecified atom stereocenters. The number of amides is 2. The molecule has 0 aliphatic carbocycles. The normalized spacial score (nSPS) is 24.5. The summed E-state index contributed by atoms with van der Waals surface area (Å²) in [5.41, 5.74) is 1.11. The molecule has 1 N–H and O–H groups in total. The fourth-order valence-corrected chi connectivity index (χ4v) is 4.11. The van der Waals surface area contributed by atoms with Gasteiger partial charge in [0.15, 0.2) is 0 Å². The summed E-state index contributed by atoms with van der Waals surface area (Å²) in [4.78, 5) is 28.7. The molecule has 24 heavy (non-hydrogen) atoms. The van der Waals surface area contributed by atoms with Crippen molar-refractivity contribution in [1.82, 2.24) is 9.80 Å². The third kappa shape index (κ3) is 2.99. The van der Waals surface area contributed by atoms with Crippen LogP contribution < -0.4 is 0 Å². The molecule has 3 rings (SSSR count). The summed E-state index contributed by atoms with van der Waals surface area (Å²) in [6.45, 7) is 6.67. The lowest BCUT2D eigenvalue weighted by Crippen LogP contribution is -2.55. The van der Waals surface area contributed by atoms with E-state index < -0.39 is 0 Å².